The van der Waals surface area contributed by atoms with Gasteiger partial charge in [0.25, 0.3) is 37.6 Å². The Morgan fingerprint density at radius 3 is 2.09 bits per heavy atom. The van der Waals surface area contributed by atoms with Gasteiger partial charge in [-0.1, -0.05) is 18.2 Å². The molecule has 290 valence electrons. The molecule has 1 unspecified atom stereocenters. The zero-order valence-corrected chi connectivity index (χ0v) is 31.4. The number of methoxy groups -OCH3 is 1. The molecule has 5 rings (SSSR count). The van der Waals surface area contributed by atoms with Gasteiger partial charge in [-0.25, -0.2) is 4.68 Å². The zero-order valence-electron chi connectivity index (χ0n) is 29.8. The van der Waals surface area contributed by atoms with Crippen molar-refractivity contribution in [2.75, 3.05) is 17.7 Å². The number of amides is 2. The van der Waals surface area contributed by atoms with Crippen LogP contribution in [-0.2, 0) is 29.8 Å². The number of nitrogens with zero attached hydrogens (tertiary/aromatic N) is 5. The van der Waals surface area contributed by atoms with E-state index in [9.17, 15) is 45.1 Å². The Labute approximate surface area is 318 Å². The van der Waals surface area contributed by atoms with Crippen LogP contribution in [-0.4, -0.2) is 66.5 Å². The summed E-state index contributed by atoms with van der Waals surface area (Å²) >= 11 is 0. The molecule has 5 aromatic rings. The summed E-state index contributed by atoms with van der Waals surface area (Å²) in [5.74, 6) is -2.75. The summed E-state index contributed by atoms with van der Waals surface area (Å²) in [6.07, 6.45) is 0. The van der Waals surface area contributed by atoms with E-state index in [1.165, 1.54) is 55.1 Å². The van der Waals surface area contributed by atoms with Gasteiger partial charge in [-0.2, -0.15) is 32.2 Å². The van der Waals surface area contributed by atoms with Crippen molar-refractivity contribution in [2.45, 2.75) is 36.6 Å². The number of anilines is 2. The van der Waals surface area contributed by atoms with E-state index in [0.29, 0.717) is 17.1 Å². The molecular formula is C35H32N8O11S2. The summed E-state index contributed by atoms with van der Waals surface area (Å²) in [5, 5.41) is 23.4. The molecule has 0 saturated heterocycles. The molecule has 0 saturated carbocycles. The second-order valence-electron chi connectivity index (χ2n) is 11.9. The highest BCUT2D eigenvalue weighted by Crippen LogP contribution is 2.32. The van der Waals surface area contributed by atoms with Crippen molar-refractivity contribution in [2.24, 2.45) is 20.5 Å². The lowest BCUT2D eigenvalue weighted by molar-refractivity contribution is -0.126. The van der Waals surface area contributed by atoms with Gasteiger partial charge in [0.05, 0.1) is 29.9 Å². The van der Waals surface area contributed by atoms with E-state index in [2.05, 4.69) is 36.2 Å². The predicted molar refractivity (Wildman–Crippen MR) is 201 cm³/mol. The van der Waals surface area contributed by atoms with Gasteiger partial charge in [0.2, 0.25) is 6.04 Å². The van der Waals surface area contributed by atoms with Gasteiger partial charge in [0, 0.05) is 17.3 Å². The highest BCUT2D eigenvalue weighted by atomic mass is 32.2. The van der Waals surface area contributed by atoms with Gasteiger partial charge in [0.1, 0.15) is 21.2 Å². The van der Waals surface area contributed by atoms with E-state index in [1.807, 2.05) is 6.07 Å². The Hall–Kier alpha value is -6.68. The number of benzene rings is 4. The Morgan fingerprint density at radius 1 is 0.821 bits per heavy atom. The van der Waals surface area contributed by atoms with E-state index in [1.54, 1.807) is 31.2 Å². The van der Waals surface area contributed by atoms with Gasteiger partial charge in [-0.3, -0.25) is 33.4 Å². The highest BCUT2D eigenvalue weighted by Gasteiger charge is 2.27. The van der Waals surface area contributed by atoms with Crippen molar-refractivity contribution in [1.82, 2.24) is 9.78 Å². The molecule has 1 atom stereocenters. The molecule has 0 bridgehead atoms. The number of aryl methyl sites for hydroxylation is 2. The third-order valence-electron chi connectivity index (χ3n) is 7.89. The SMILES string of the molecule is COc1cc(S(=O)(=O)O)c(C)cc1NC(=O)C(N=Nc1ccc(NC(=O)c2ccc(N=Nc3c(C)[nH]n(-c4ccccc4)c3=O)cc2)cc1S(=O)(=O)O)C(C)=O. The Bertz CT molecular complexity index is 2690. The fourth-order valence-corrected chi connectivity index (χ4v) is 6.51. The van der Waals surface area contributed by atoms with Gasteiger partial charge < -0.3 is 15.4 Å². The van der Waals surface area contributed by atoms with E-state index >= 15 is 0 Å². The van der Waals surface area contributed by atoms with Crippen LogP contribution >= 0.6 is 0 Å². The number of Topliss-reactive ketones (excluding diaryl/α,β-unsaturated/α-hetero) is 1. The molecule has 56 heavy (non-hydrogen) atoms. The largest absolute Gasteiger partial charge is 0.495 e. The van der Waals surface area contributed by atoms with Crippen molar-refractivity contribution in [3.8, 4) is 11.4 Å². The van der Waals surface area contributed by atoms with Crippen LogP contribution in [0.25, 0.3) is 5.69 Å². The fraction of sp³-hybridized carbons (Fsp3) is 0.143. The Balaban J connectivity index is 1.31. The molecule has 21 heteroatoms. The number of carbonyl (C=O) groups is 3. The first-order valence-electron chi connectivity index (χ1n) is 16.1. The molecule has 0 fully saturated rings. The van der Waals surface area contributed by atoms with Crippen molar-refractivity contribution in [3.63, 3.8) is 0 Å². The maximum Gasteiger partial charge on any atom is 0.299 e. The molecule has 2 amide bonds. The van der Waals surface area contributed by atoms with E-state index in [-0.39, 0.29) is 33.9 Å². The number of aromatic nitrogens is 2. The second kappa shape index (κ2) is 16.4. The Kier molecular flexibility index (Phi) is 11.8. The monoisotopic (exact) mass is 804 g/mol. The topological polar surface area (TPSA) is 280 Å². The van der Waals surface area contributed by atoms with Crippen LogP contribution in [0.15, 0.2) is 120 Å². The van der Waals surface area contributed by atoms with Gasteiger partial charge in [0.15, 0.2) is 11.5 Å². The second-order valence-corrected chi connectivity index (χ2v) is 14.7. The summed E-state index contributed by atoms with van der Waals surface area (Å²) in [6, 6.07) is 18.1. The zero-order chi connectivity index (χ0) is 40.9. The molecule has 0 spiro atoms. The van der Waals surface area contributed by atoms with E-state index < -0.39 is 64.9 Å². The summed E-state index contributed by atoms with van der Waals surface area (Å²) in [7, 11) is -8.47. The van der Waals surface area contributed by atoms with Gasteiger partial charge >= 0.3 is 0 Å². The Morgan fingerprint density at radius 2 is 1.48 bits per heavy atom. The molecule has 0 aliphatic carbocycles. The molecular weight excluding hydrogens is 773 g/mol. The lowest BCUT2D eigenvalue weighted by Gasteiger charge is -2.15. The smallest absolute Gasteiger partial charge is 0.299 e. The van der Waals surface area contributed by atoms with Crippen LogP contribution < -0.4 is 20.9 Å². The summed E-state index contributed by atoms with van der Waals surface area (Å²) < 4.78 is 73.8. The average Bonchev–Trinajstić information content (AvgIpc) is 3.42. The highest BCUT2D eigenvalue weighted by molar-refractivity contribution is 7.86. The van der Waals surface area contributed by atoms with Crippen LogP contribution in [0, 0.1) is 13.8 Å². The maximum absolute atomic E-state index is 13.1. The lowest BCUT2D eigenvalue weighted by atomic mass is 10.1. The summed E-state index contributed by atoms with van der Waals surface area (Å²) in [4.78, 5) is 50.1. The normalized spacial score (nSPS) is 12.5. The van der Waals surface area contributed by atoms with Crippen LogP contribution in [0.4, 0.5) is 28.4 Å². The number of H-pyrrole nitrogens is 1. The van der Waals surface area contributed by atoms with Gasteiger partial charge in [-0.15, -0.1) is 5.11 Å². The van der Waals surface area contributed by atoms with Crippen molar-refractivity contribution < 1.29 is 45.1 Å². The number of para-hydroxylation sites is 1. The minimum Gasteiger partial charge on any atom is -0.495 e. The number of hydrogen-bond donors (Lipinski definition) is 5. The molecule has 4 aromatic carbocycles. The van der Waals surface area contributed by atoms with Crippen LogP contribution in [0.1, 0.15) is 28.5 Å². The third kappa shape index (κ3) is 9.33. The van der Waals surface area contributed by atoms with Crippen LogP contribution in [0.2, 0.25) is 0 Å². The first-order chi connectivity index (χ1) is 26.4. The number of ether oxygens (including phenoxy) is 1. The molecule has 1 aromatic heterocycles. The first-order valence-corrected chi connectivity index (χ1v) is 19.0. The predicted octanol–water partition coefficient (Wildman–Crippen LogP) is 5.63. The van der Waals surface area contributed by atoms with E-state index in [4.69, 9.17) is 4.74 Å². The summed E-state index contributed by atoms with van der Waals surface area (Å²) in [5.41, 5.74) is 0.615. The number of ketones is 1. The van der Waals surface area contributed by atoms with Crippen molar-refractivity contribution in [1.29, 1.82) is 0 Å². The number of nitrogens with one attached hydrogen (secondary N) is 3. The number of rotatable bonds is 13. The lowest BCUT2D eigenvalue weighted by Crippen LogP contribution is -2.32. The molecule has 0 aliphatic heterocycles. The molecule has 0 radical (unpaired) electrons. The third-order valence-corrected chi connectivity index (χ3v) is 9.77. The number of hydrogen-bond acceptors (Lipinski definition) is 13. The number of aromatic amines is 1. The minimum atomic E-state index is -5.00. The molecule has 19 nitrogen and oxygen atoms in total. The van der Waals surface area contributed by atoms with Crippen molar-refractivity contribution in [3.05, 3.63) is 112 Å². The standard InChI is InChI=1S/C35H32N8O11S2/c1-19-16-27(28(54-4)18-29(19)55(48,49)50)37-34(46)32(21(3)44)41-39-26-15-14-24(17-30(26)56(51,52)53)36-33(45)22-10-12-23(13-11-22)38-40-31-20(2)42-43(35(31)47)25-8-6-5-7-9-25/h5-18,32,42H,1-4H3,(H,36,45)(H,37,46)(H,48,49,50)(H,51,52,53). The van der Waals surface area contributed by atoms with Crippen LogP contribution in [0.3, 0.4) is 0 Å². The molecule has 5 N–H and O–H groups in total. The number of carbonyl (C=O) groups excluding carboxylic acids is 3. The maximum atomic E-state index is 13.1. The quantitative estimate of drug-likeness (QED) is 0.0552. The summed E-state index contributed by atoms with van der Waals surface area (Å²) in [6.45, 7) is 4.02. The van der Waals surface area contributed by atoms with Crippen molar-refractivity contribution >= 4 is 66.3 Å². The van der Waals surface area contributed by atoms with Gasteiger partial charge in [-0.05, 0) is 87.0 Å². The minimum absolute atomic E-state index is 0.0358. The molecule has 0 aliphatic rings. The molecule has 1 heterocycles. The van der Waals surface area contributed by atoms with E-state index in [0.717, 1.165) is 25.1 Å². The fourth-order valence-electron chi connectivity index (χ4n) is 5.14. The first kappa shape index (κ1) is 40.5. The average molecular weight is 805 g/mol. The number of azo groups is 2. The van der Waals surface area contributed by atoms with Crippen LogP contribution in [0.5, 0.6) is 5.75 Å².